The number of aliphatic imine (C=N–C) groups is 1. The standard InChI is InChI=1S/C32H33N3O4/c1-5-20-33-32(34(4)21-22-38-31(37)25(2)3)39-30(24-36)23-26-16-18-29(19-17-26)35(27-12-8-6-9-13-27)28-14-10-7-11-15-28/h5-19,23-24H,1-2,20-22H2,3-4H3/b30-23+,33-32+. The number of esters is 1. The number of anilines is 3. The minimum atomic E-state index is -0.469. The highest BCUT2D eigenvalue weighted by Gasteiger charge is 2.14. The van der Waals surface area contributed by atoms with E-state index < -0.39 is 5.97 Å². The van der Waals surface area contributed by atoms with Crippen LogP contribution >= 0.6 is 0 Å². The molecule has 0 unspecified atom stereocenters. The van der Waals surface area contributed by atoms with Gasteiger partial charge in [-0.25, -0.2) is 9.79 Å². The number of rotatable bonds is 12. The summed E-state index contributed by atoms with van der Waals surface area (Å²) in [5.74, 6) is -0.386. The van der Waals surface area contributed by atoms with Gasteiger partial charge in [0.1, 0.15) is 6.61 Å². The van der Waals surface area contributed by atoms with E-state index in [0.29, 0.717) is 24.9 Å². The topological polar surface area (TPSA) is 71.4 Å². The first-order valence-corrected chi connectivity index (χ1v) is 12.5. The monoisotopic (exact) mass is 523 g/mol. The van der Waals surface area contributed by atoms with Gasteiger partial charge in [-0.3, -0.25) is 4.79 Å². The zero-order valence-electron chi connectivity index (χ0n) is 22.3. The number of nitrogens with zero attached hydrogens (tertiary/aromatic N) is 3. The number of hydrogen-bond donors (Lipinski definition) is 0. The predicted molar refractivity (Wildman–Crippen MR) is 157 cm³/mol. The molecule has 0 amide bonds. The summed E-state index contributed by atoms with van der Waals surface area (Å²) >= 11 is 0. The molecule has 0 heterocycles. The molecule has 39 heavy (non-hydrogen) atoms. The molecule has 0 saturated carbocycles. The number of carbonyl (C=O) groups is 2. The van der Waals surface area contributed by atoms with Crippen molar-refractivity contribution < 1.29 is 19.1 Å². The summed E-state index contributed by atoms with van der Waals surface area (Å²) in [5, 5.41) is 0. The molecule has 0 aliphatic rings. The van der Waals surface area contributed by atoms with Crippen LogP contribution in [0.3, 0.4) is 0 Å². The summed E-state index contributed by atoms with van der Waals surface area (Å²) < 4.78 is 11.0. The van der Waals surface area contributed by atoms with Gasteiger partial charge in [-0.1, -0.05) is 61.2 Å². The first-order chi connectivity index (χ1) is 18.9. The van der Waals surface area contributed by atoms with Crippen molar-refractivity contribution in [1.29, 1.82) is 0 Å². The van der Waals surface area contributed by atoms with E-state index in [9.17, 15) is 9.59 Å². The van der Waals surface area contributed by atoms with E-state index in [-0.39, 0.29) is 18.4 Å². The molecular formula is C32H33N3O4. The van der Waals surface area contributed by atoms with Crippen LogP contribution in [0.15, 0.2) is 120 Å². The predicted octanol–water partition coefficient (Wildman–Crippen LogP) is 6.31. The van der Waals surface area contributed by atoms with Gasteiger partial charge in [0.25, 0.3) is 6.02 Å². The summed E-state index contributed by atoms with van der Waals surface area (Å²) in [6.45, 7) is 9.55. The quantitative estimate of drug-likeness (QED) is 0.0527. The fourth-order valence-electron chi connectivity index (χ4n) is 3.55. The molecule has 3 rings (SSSR count). The number of benzene rings is 3. The van der Waals surface area contributed by atoms with Crippen LogP contribution in [0, 0.1) is 0 Å². The highest BCUT2D eigenvalue weighted by atomic mass is 16.5. The highest BCUT2D eigenvalue weighted by Crippen LogP contribution is 2.34. The van der Waals surface area contributed by atoms with E-state index >= 15 is 0 Å². The van der Waals surface area contributed by atoms with Crippen molar-refractivity contribution in [2.45, 2.75) is 6.92 Å². The molecule has 0 spiro atoms. The number of carbonyl (C=O) groups excluding carboxylic acids is 2. The molecule has 200 valence electrons. The minimum Gasteiger partial charge on any atom is -0.460 e. The average molecular weight is 524 g/mol. The Morgan fingerprint density at radius 1 is 0.923 bits per heavy atom. The molecule has 0 aliphatic heterocycles. The fourth-order valence-corrected chi connectivity index (χ4v) is 3.55. The summed E-state index contributed by atoms with van der Waals surface area (Å²) in [6, 6.07) is 28.2. The van der Waals surface area contributed by atoms with Gasteiger partial charge in [-0.05, 0) is 55.0 Å². The van der Waals surface area contributed by atoms with E-state index in [4.69, 9.17) is 9.47 Å². The number of para-hydroxylation sites is 2. The Bertz CT molecular complexity index is 1280. The number of hydrogen-bond acceptors (Lipinski definition) is 6. The first kappa shape index (κ1) is 28.7. The summed E-state index contributed by atoms with van der Waals surface area (Å²) in [4.78, 5) is 31.7. The molecule has 0 atom stereocenters. The van der Waals surface area contributed by atoms with Crippen molar-refractivity contribution in [1.82, 2.24) is 4.90 Å². The normalized spacial score (nSPS) is 11.3. The lowest BCUT2D eigenvalue weighted by atomic mass is 10.1. The van der Waals surface area contributed by atoms with Crippen molar-refractivity contribution in [3.63, 3.8) is 0 Å². The van der Waals surface area contributed by atoms with Crippen LogP contribution in [0.4, 0.5) is 17.1 Å². The summed E-state index contributed by atoms with van der Waals surface area (Å²) in [7, 11) is 1.73. The molecule has 0 N–H and O–H groups in total. The highest BCUT2D eigenvalue weighted by molar-refractivity contribution is 5.87. The maximum absolute atomic E-state index is 11.9. The van der Waals surface area contributed by atoms with Gasteiger partial charge in [0, 0.05) is 29.7 Å². The molecule has 7 heteroatoms. The Kier molecular flexibility index (Phi) is 10.8. The zero-order valence-corrected chi connectivity index (χ0v) is 22.3. The van der Waals surface area contributed by atoms with Gasteiger partial charge in [-0.15, -0.1) is 6.58 Å². The van der Waals surface area contributed by atoms with Crippen LogP contribution in [0.5, 0.6) is 0 Å². The molecule has 0 saturated heterocycles. The molecule has 3 aromatic rings. The Morgan fingerprint density at radius 2 is 1.49 bits per heavy atom. The number of ether oxygens (including phenoxy) is 2. The molecular weight excluding hydrogens is 490 g/mol. The maximum atomic E-state index is 11.9. The molecule has 0 aromatic heterocycles. The minimum absolute atomic E-state index is 0.0827. The second-order valence-electron chi connectivity index (χ2n) is 8.61. The van der Waals surface area contributed by atoms with Crippen molar-refractivity contribution in [2.24, 2.45) is 4.99 Å². The van der Waals surface area contributed by atoms with Crippen LogP contribution in [-0.4, -0.2) is 49.9 Å². The van der Waals surface area contributed by atoms with Crippen molar-refractivity contribution >= 4 is 41.4 Å². The lowest BCUT2D eigenvalue weighted by Crippen LogP contribution is -2.33. The van der Waals surface area contributed by atoms with Crippen molar-refractivity contribution in [3.8, 4) is 0 Å². The van der Waals surface area contributed by atoms with Crippen LogP contribution in [-0.2, 0) is 19.1 Å². The number of allylic oxidation sites excluding steroid dienone is 1. The van der Waals surface area contributed by atoms with Crippen molar-refractivity contribution in [2.75, 3.05) is 31.6 Å². The average Bonchev–Trinajstić information content (AvgIpc) is 2.96. The number of aldehydes is 1. The van der Waals surface area contributed by atoms with E-state index in [0.717, 1.165) is 22.6 Å². The van der Waals surface area contributed by atoms with Gasteiger partial charge in [0.15, 0.2) is 12.0 Å². The largest absolute Gasteiger partial charge is 0.460 e. The Morgan fingerprint density at radius 3 is 2.00 bits per heavy atom. The molecule has 0 fully saturated rings. The molecule has 7 nitrogen and oxygen atoms in total. The second kappa shape index (κ2) is 14.7. The summed E-state index contributed by atoms with van der Waals surface area (Å²) in [5.41, 5.74) is 4.13. The lowest BCUT2D eigenvalue weighted by Gasteiger charge is -2.25. The van der Waals surface area contributed by atoms with E-state index in [1.807, 2.05) is 60.7 Å². The Labute approximate surface area is 230 Å². The van der Waals surface area contributed by atoms with Gasteiger partial charge in [0.05, 0.1) is 13.1 Å². The molecule has 0 aliphatic carbocycles. The van der Waals surface area contributed by atoms with E-state index in [1.54, 1.807) is 31.0 Å². The fraction of sp³-hybridized carbons (Fsp3) is 0.156. The molecule has 3 aromatic carbocycles. The first-order valence-electron chi connectivity index (χ1n) is 12.5. The second-order valence-corrected chi connectivity index (χ2v) is 8.61. The smallest absolute Gasteiger partial charge is 0.333 e. The van der Waals surface area contributed by atoms with Crippen LogP contribution in [0.1, 0.15) is 12.5 Å². The SMILES string of the molecule is C=CC/N=C(/O/C(C=O)=C/c1ccc(N(c2ccccc2)c2ccccc2)cc1)N(C)CCOC(=O)C(=C)C. The third-order valence-electron chi connectivity index (χ3n) is 5.50. The van der Waals surface area contributed by atoms with Crippen LogP contribution in [0.2, 0.25) is 0 Å². The van der Waals surface area contributed by atoms with E-state index in [2.05, 4.69) is 47.3 Å². The van der Waals surface area contributed by atoms with Crippen molar-refractivity contribution in [3.05, 3.63) is 121 Å². The third-order valence-corrected chi connectivity index (χ3v) is 5.50. The summed E-state index contributed by atoms with van der Waals surface area (Å²) in [6.07, 6.45) is 3.89. The zero-order chi connectivity index (χ0) is 28.0. The number of likely N-dealkylation sites (N-methyl/N-ethyl adjacent to an activating group) is 1. The molecule has 0 radical (unpaired) electrons. The van der Waals surface area contributed by atoms with Gasteiger partial charge in [-0.2, -0.15) is 0 Å². The third kappa shape index (κ3) is 8.57. The van der Waals surface area contributed by atoms with Crippen LogP contribution in [0.25, 0.3) is 6.08 Å². The van der Waals surface area contributed by atoms with Gasteiger partial charge < -0.3 is 19.3 Å². The Hall–Kier alpha value is -4.91. The number of amidine groups is 1. The lowest BCUT2D eigenvalue weighted by molar-refractivity contribution is -0.139. The molecule has 0 bridgehead atoms. The van der Waals surface area contributed by atoms with Gasteiger partial charge in [0.2, 0.25) is 0 Å². The maximum Gasteiger partial charge on any atom is 0.333 e. The van der Waals surface area contributed by atoms with Gasteiger partial charge >= 0.3 is 5.97 Å². The van der Waals surface area contributed by atoms with Crippen LogP contribution < -0.4 is 4.90 Å². The Balaban J connectivity index is 1.79. The van der Waals surface area contributed by atoms with E-state index in [1.165, 1.54) is 0 Å².